The molecule has 0 aliphatic heterocycles. The summed E-state index contributed by atoms with van der Waals surface area (Å²) in [6.07, 6.45) is 2.39. The number of aromatic amines is 1. The van der Waals surface area contributed by atoms with Gasteiger partial charge in [-0.3, -0.25) is 10.00 Å². The summed E-state index contributed by atoms with van der Waals surface area (Å²) >= 11 is 0. The minimum atomic E-state index is -0.591. The van der Waals surface area contributed by atoms with Crippen LogP contribution in [-0.4, -0.2) is 29.3 Å². The van der Waals surface area contributed by atoms with E-state index in [9.17, 15) is 8.78 Å². The third-order valence-corrected chi connectivity index (χ3v) is 3.86. The van der Waals surface area contributed by atoms with Crippen molar-refractivity contribution < 1.29 is 13.5 Å². The third kappa shape index (κ3) is 3.27. The maximum atomic E-state index is 13.9. The molecule has 1 aromatic carbocycles. The molecule has 0 amide bonds. The second-order valence-electron chi connectivity index (χ2n) is 5.83. The van der Waals surface area contributed by atoms with Gasteiger partial charge in [-0.15, -0.1) is 0 Å². The summed E-state index contributed by atoms with van der Waals surface area (Å²) in [5, 5.41) is 7.27. The van der Waals surface area contributed by atoms with Gasteiger partial charge in [0, 0.05) is 42.4 Å². The zero-order valence-electron chi connectivity index (χ0n) is 12.7. The number of nitrogens with one attached hydrogen (secondary N) is 1. The topological polar surface area (TPSA) is 41.1 Å². The Bertz CT molecular complexity index is 644. The number of rotatable bonds is 6. The van der Waals surface area contributed by atoms with Gasteiger partial charge in [-0.25, -0.2) is 8.78 Å². The van der Waals surface area contributed by atoms with Crippen LogP contribution in [0, 0.1) is 11.6 Å². The predicted molar refractivity (Wildman–Crippen MR) is 78.6 cm³/mol. The van der Waals surface area contributed by atoms with Gasteiger partial charge in [0.25, 0.3) is 0 Å². The molecule has 1 heterocycles. The van der Waals surface area contributed by atoms with E-state index in [1.165, 1.54) is 32.1 Å². The van der Waals surface area contributed by atoms with Crippen molar-refractivity contribution in [3.05, 3.63) is 46.8 Å². The predicted octanol–water partition coefficient (Wildman–Crippen LogP) is 3.21. The van der Waals surface area contributed by atoms with Gasteiger partial charge in [-0.05, 0) is 26.0 Å². The fourth-order valence-corrected chi connectivity index (χ4v) is 2.51. The Morgan fingerprint density at radius 3 is 2.50 bits per heavy atom. The summed E-state index contributed by atoms with van der Waals surface area (Å²) in [6.45, 7) is 0.740. The van der Waals surface area contributed by atoms with Crippen LogP contribution in [0.2, 0.25) is 0 Å². The Kier molecular flexibility index (Phi) is 4.11. The van der Waals surface area contributed by atoms with E-state index >= 15 is 0 Å². The van der Waals surface area contributed by atoms with Crippen LogP contribution >= 0.6 is 0 Å². The van der Waals surface area contributed by atoms with Crippen LogP contribution in [0.25, 0.3) is 0 Å². The lowest BCUT2D eigenvalue weighted by molar-refractivity contribution is 0.302. The SMILES string of the molecule is COc1cc(F)c(CN(C)Cc2cc(C3CC3)n[nH]2)c(F)c1. The van der Waals surface area contributed by atoms with E-state index in [0.717, 1.165) is 11.4 Å². The molecule has 0 atom stereocenters. The normalized spacial score (nSPS) is 14.6. The lowest BCUT2D eigenvalue weighted by Crippen LogP contribution is -2.19. The first-order valence-corrected chi connectivity index (χ1v) is 7.31. The first-order chi connectivity index (χ1) is 10.6. The van der Waals surface area contributed by atoms with E-state index in [-0.39, 0.29) is 17.9 Å². The Labute approximate surface area is 128 Å². The molecular formula is C16H19F2N3O. The van der Waals surface area contributed by atoms with Gasteiger partial charge in [0.15, 0.2) is 0 Å². The molecule has 0 radical (unpaired) electrons. The van der Waals surface area contributed by atoms with E-state index in [1.807, 2.05) is 18.0 Å². The average molecular weight is 307 g/mol. The number of benzene rings is 1. The quantitative estimate of drug-likeness (QED) is 0.891. The summed E-state index contributed by atoms with van der Waals surface area (Å²) in [6, 6.07) is 4.44. The van der Waals surface area contributed by atoms with Crippen molar-refractivity contribution in [1.29, 1.82) is 0 Å². The van der Waals surface area contributed by atoms with Crippen LogP contribution in [0.3, 0.4) is 0 Å². The monoisotopic (exact) mass is 307 g/mol. The molecule has 1 aliphatic rings. The highest BCUT2D eigenvalue weighted by Crippen LogP contribution is 2.39. The standard InChI is InChI=1S/C16H19F2N3O/c1-21(8-11-5-16(20-19-11)10-3-4-10)9-13-14(17)6-12(22-2)7-15(13)18/h5-7,10H,3-4,8-9H2,1-2H3,(H,19,20). The molecule has 1 fully saturated rings. The van der Waals surface area contributed by atoms with Crippen molar-refractivity contribution in [3.8, 4) is 5.75 Å². The zero-order chi connectivity index (χ0) is 15.7. The van der Waals surface area contributed by atoms with E-state index in [0.29, 0.717) is 12.5 Å². The molecule has 0 spiro atoms. The van der Waals surface area contributed by atoms with Gasteiger partial charge < -0.3 is 4.74 Å². The highest BCUT2D eigenvalue weighted by Gasteiger charge is 2.26. The fourth-order valence-electron chi connectivity index (χ4n) is 2.51. The third-order valence-electron chi connectivity index (χ3n) is 3.86. The van der Waals surface area contributed by atoms with E-state index in [2.05, 4.69) is 10.2 Å². The fraction of sp³-hybridized carbons (Fsp3) is 0.438. The van der Waals surface area contributed by atoms with Crippen molar-refractivity contribution in [1.82, 2.24) is 15.1 Å². The first-order valence-electron chi connectivity index (χ1n) is 7.31. The summed E-state index contributed by atoms with van der Waals surface area (Å²) in [5.74, 6) is -0.408. The second kappa shape index (κ2) is 6.04. The second-order valence-corrected chi connectivity index (χ2v) is 5.83. The molecule has 1 aliphatic carbocycles. The van der Waals surface area contributed by atoms with Crippen LogP contribution in [0.1, 0.15) is 35.7 Å². The molecular weight excluding hydrogens is 288 g/mol. The Morgan fingerprint density at radius 1 is 1.23 bits per heavy atom. The smallest absolute Gasteiger partial charge is 0.134 e. The van der Waals surface area contributed by atoms with E-state index in [4.69, 9.17) is 4.74 Å². The van der Waals surface area contributed by atoms with Crippen molar-refractivity contribution in [2.24, 2.45) is 0 Å². The molecule has 1 N–H and O–H groups in total. The summed E-state index contributed by atoms with van der Waals surface area (Å²) in [5.41, 5.74) is 2.09. The average Bonchev–Trinajstić information content (AvgIpc) is 3.23. The highest BCUT2D eigenvalue weighted by atomic mass is 19.1. The number of hydrogen-bond acceptors (Lipinski definition) is 3. The van der Waals surface area contributed by atoms with Crippen LogP contribution in [0.15, 0.2) is 18.2 Å². The minimum Gasteiger partial charge on any atom is -0.497 e. The Hall–Kier alpha value is -1.95. The van der Waals surface area contributed by atoms with Gasteiger partial charge in [0.2, 0.25) is 0 Å². The molecule has 0 unspecified atom stereocenters. The number of methoxy groups -OCH3 is 1. The van der Waals surface area contributed by atoms with Gasteiger partial charge in [-0.1, -0.05) is 0 Å². The van der Waals surface area contributed by atoms with Crippen LogP contribution in [-0.2, 0) is 13.1 Å². The van der Waals surface area contributed by atoms with Crippen LogP contribution < -0.4 is 4.74 Å². The number of ether oxygens (including phenoxy) is 1. The number of hydrogen-bond donors (Lipinski definition) is 1. The molecule has 2 aromatic rings. The van der Waals surface area contributed by atoms with E-state index in [1.54, 1.807) is 0 Å². The molecule has 0 saturated heterocycles. The molecule has 22 heavy (non-hydrogen) atoms. The molecule has 1 aromatic heterocycles. The van der Waals surface area contributed by atoms with Gasteiger partial charge in [0.05, 0.1) is 12.8 Å². The van der Waals surface area contributed by atoms with Gasteiger partial charge in [-0.2, -0.15) is 5.10 Å². The number of aromatic nitrogens is 2. The van der Waals surface area contributed by atoms with Crippen molar-refractivity contribution >= 4 is 0 Å². The molecule has 0 bridgehead atoms. The number of halogens is 2. The molecule has 118 valence electrons. The van der Waals surface area contributed by atoms with Crippen molar-refractivity contribution in [3.63, 3.8) is 0 Å². The first kappa shape index (κ1) is 15.0. The Balaban J connectivity index is 1.66. The number of nitrogens with zero attached hydrogens (tertiary/aromatic N) is 2. The summed E-state index contributed by atoms with van der Waals surface area (Å²) < 4.78 is 32.8. The maximum Gasteiger partial charge on any atom is 0.134 e. The Morgan fingerprint density at radius 2 is 1.91 bits per heavy atom. The highest BCUT2D eigenvalue weighted by molar-refractivity contribution is 5.30. The lowest BCUT2D eigenvalue weighted by Gasteiger charge is -2.17. The number of H-pyrrole nitrogens is 1. The van der Waals surface area contributed by atoms with E-state index < -0.39 is 11.6 Å². The summed E-state index contributed by atoms with van der Waals surface area (Å²) in [4.78, 5) is 1.85. The zero-order valence-corrected chi connectivity index (χ0v) is 12.7. The van der Waals surface area contributed by atoms with Crippen molar-refractivity contribution in [2.75, 3.05) is 14.2 Å². The van der Waals surface area contributed by atoms with Gasteiger partial charge in [0.1, 0.15) is 17.4 Å². The minimum absolute atomic E-state index is 0.0465. The summed E-state index contributed by atoms with van der Waals surface area (Å²) in [7, 11) is 3.20. The molecule has 3 rings (SSSR count). The maximum absolute atomic E-state index is 13.9. The molecule has 1 saturated carbocycles. The molecule has 4 nitrogen and oxygen atoms in total. The van der Waals surface area contributed by atoms with Gasteiger partial charge >= 0.3 is 0 Å². The van der Waals surface area contributed by atoms with Crippen molar-refractivity contribution in [2.45, 2.75) is 31.8 Å². The van der Waals surface area contributed by atoms with Crippen LogP contribution in [0.5, 0.6) is 5.75 Å². The van der Waals surface area contributed by atoms with Crippen LogP contribution in [0.4, 0.5) is 8.78 Å². The largest absolute Gasteiger partial charge is 0.497 e. The molecule has 6 heteroatoms. The lowest BCUT2D eigenvalue weighted by atomic mass is 10.1.